The minimum Gasteiger partial charge on any atom is -0.326 e. The Kier molecular flexibility index (Phi) is 4.45. The Bertz CT molecular complexity index is 494. The van der Waals surface area contributed by atoms with Crippen LogP contribution in [0.25, 0.3) is 0 Å². The van der Waals surface area contributed by atoms with Crippen molar-refractivity contribution in [2.45, 2.75) is 56.2 Å². The lowest BCUT2D eigenvalue weighted by Crippen LogP contribution is -2.19. The summed E-state index contributed by atoms with van der Waals surface area (Å²) in [6, 6.07) is 6.48. The first-order valence-corrected chi connectivity index (χ1v) is 8.70. The van der Waals surface area contributed by atoms with Crippen molar-refractivity contribution in [2.24, 2.45) is 5.92 Å². The van der Waals surface area contributed by atoms with E-state index in [0.29, 0.717) is 11.2 Å². The van der Waals surface area contributed by atoms with Gasteiger partial charge in [-0.25, -0.2) is 0 Å². The number of carbonyl (C=O) groups excluding carboxylic acids is 1. The smallest absolute Gasteiger partial charge is 0.224 e. The summed E-state index contributed by atoms with van der Waals surface area (Å²) < 4.78 is 0. The van der Waals surface area contributed by atoms with E-state index in [1.165, 1.54) is 49.7 Å². The molecule has 0 aromatic heterocycles. The first-order chi connectivity index (χ1) is 9.72. The second-order valence-electron chi connectivity index (χ2n) is 6.16. The number of carbonyl (C=O) groups is 1. The first kappa shape index (κ1) is 14.1. The fourth-order valence-electron chi connectivity index (χ4n) is 3.45. The highest BCUT2D eigenvalue weighted by atomic mass is 79.9. The average Bonchev–Trinajstić information content (AvgIpc) is 2.97. The highest BCUT2D eigenvalue weighted by Gasteiger charge is 2.19. The predicted octanol–water partition coefficient (Wildman–Crippen LogP) is 4.98. The molecule has 0 bridgehead atoms. The van der Waals surface area contributed by atoms with Gasteiger partial charge in [0.05, 0.1) is 0 Å². The van der Waals surface area contributed by atoms with Crippen LogP contribution in [0.2, 0.25) is 0 Å². The Balaban J connectivity index is 1.62. The molecule has 1 saturated carbocycles. The highest BCUT2D eigenvalue weighted by molar-refractivity contribution is 9.09. The fraction of sp³-hybridized carbons (Fsp3) is 0.588. The Morgan fingerprint density at radius 1 is 1.25 bits per heavy atom. The summed E-state index contributed by atoms with van der Waals surface area (Å²) in [6.07, 6.45) is 9.75. The molecule has 1 amide bonds. The number of hydrogen-bond donors (Lipinski definition) is 1. The van der Waals surface area contributed by atoms with Crippen molar-refractivity contribution in [3.8, 4) is 0 Å². The molecule has 3 heteroatoms. The molecule has 20 heavy (non-hydrogen) atoms. The molecule has 3 rings (SSSR count). The van der Waals surface area contributed by atoms with Gasteiger partial charge in [0.15, 0.2) is 0 Å². The summed E-state index contributed by atoms with van der Waals surface area (Å²) in [5, 5.41) is 2.95. The normalized spacial score (nSPS) is 20.6. The van der Waals surface area contributed by atoms with Crippen LogP contribution in [0.3, 0.4) is 0 Å². The summed E-state index contributed by atoms with van der Waals surface area (Å²) in [7, 11) is 0. The van der Waals surface area contributed by atoms with E-state index in [1.54, 1.807) is 0 Å². The lowest BCUT2D eigenvalue weighted by Gasteiger charge is -2.20. The highest BCUT2D eigenvalue weighted by Crippen LogP contribution is 2.36. The van der Waals surface area contributed by atoms with Crippen LogP contribution in [0, 0.1) is 5.92 Å². The van der Waals surface area contributed by atoms with E-state index in [1.807, 2.05) is 0 Å². The third-order valence-electron chi connectivity index (χ3n) is 4.69. The van der Waals surface area contributed by atoms with E-state index < -0.39 is 0 Å². The number of alkyl halides is 1. The van der Waals surface area contributed by atoms with E-state index in [4.69, 9.17) is 0 Å². The van der Waals surface area contributed by atoms with E-state index in [0.717, 1.165) is 18.0 Å². The molecule has 1 unspecified atom stereocenters. The van der Waals surface area contributed by atoms with Crippen molar-refractivity contribution >= 4 is 27.5 Å². The van der Waals surface area contributed by atoms with Crippen molar-refractivity contribution in [2.75, 3.05) is 5.32 Å². The predicted molar refractivity (Wildman–Crippen MR) is 86.3 cm³/mol. The molecule has 2 aliphatic rings. The molecular weight excluding hydrogens is 314 g/mol. The molecule has 0 saturated heterocycles. The molecule has 2 nitrogen and oxygen atoms in total. The van der Waals surface area contributed by atoms with Gasteiger partial charge < -0.3 is 5.32 Å². The Morgan fingerprint density at radius 2 is 2.05 bits per heavy atom. The minimum absolute atomic E-state index is 0.141. The minimum atomic E-state index is 0.141. The van der Waals surface area contributed by atoms with Gasteiger partial charge in [-0.15, -0.1) is 0 Å². The Hall–Kier alpha value is -0.830. The fourth-order valence-corrected chi connectivity index (χ4v) is 4.00. The standard InChI is InChI=1S/C17H22BrNO/c18-15(8-5-12-3-1-2-4-12)13-6-9-16-14(11-13)7-10-17(20)19-16/h6,9,11-12,15H,1-5,7-8,10H2,(H,19,20). The number of fused-ring (bicyclic) bond motifs is 1. The van der Waals surface area contributed by atoms with E-state index in [-0.39, 0.29) is 5.91 Å². The van der Waals surface area contributed by atoms with E-state index in [9.17, 15) is 4.79 Å². The molecule has 1 N–H and O–H groups in total. The third kappa shape index (κ3) is 3.25. The number of benzene rings is 1. The van der Waals surface area contributed by atoms with Crippen LogP contribution in [0.5, 0.6) is 0 Å². The molecule has 1 fully saturated rings. The summed E-state index contributed by atoms with van der Waals surface area (Å²) in [6.45, 7) is 0. The quantitative estimate of drug-likeness (QED) is 0.772. The molecule has 108 valence electrons. The SMILES string of the molecule is O=C1CCc2cc(C(Br)CCC3CCCC3)ccc2N1. The van der Waals surface area contributed by atoms with Crippen LogP contribution in [0.1, 0.15) is 60.9 Å². The van der Waals surface area contributed by atoms with Gasteiger partial charge >= 0.3 is 0 Å². The zero-order valence-electron chi connectivity index (χ0n) is 11.8. The van der Waals surface area contributed by atoms with Crippen LogP contribution in [0.4, 0.5) is 5.69 Å². The maximum absolute atomic E-state index is 11.4. The third-order valence-corrected chi connectivity index (χ3v) is 5.68. The number of hydrogen-bond acceptors (Lipinski definition) is 1. The van der Waals surface area contributed by atoms with Crippen LogP contribution in [-0.2, 0) is 11.2 Å². The molecule has 1 heterocycles. The average molecular weight is 336 g/mol. The van der Waals surface area contributed by atoms with Crippen LogP contribution in [-0.4, -0.2) is 5.91 Å². The molecule has 1 aliphatic heterocycles. The van der Waals surface area contributed by atoms with E-state index >= 15 is 0 Å². The van der Waals surface area contributed by atoms with Crippen molar-refractivity contribution in [1.82, 2.24) is 0 Å². The summed E-state index contributed by atoms with van der Waals surface area (Å²) >= 11 is 3.85. The summed E-state index contributed by atoms with van der Waals surface area (Å²) in [4.78, 5) is 11.8. The molecule has 1 aromatic rings. The van der Waals surface area contributed by atoms with Gasteiger partial charge in [0.1, 0.15) is 0 Å². The summed E-state index contributed by atoms with van der Waals surface area (Å²) in [5.74, 6) is 1.09. The van der Waals surface area contributed by atoms with Gasteiger partial charge in [-0.2, -0.15) is 0 Å². The Labute approximate surface area is 129 Å². The number of amides is 1. The van der Waals surface area contributed by atoms with Gasteiger partial charge in [0.25, 0.3) is 0 Å². The molecule has 0 spiro atoms. The maximum atomic E-state index is 11.4. The van der Waals surface area contributed by atoms with Crippen molar-refractivity contribution in [3.63, 3.8) is 0 Å². The summed E-state index contributed by atoms with van der Waals surface area (Å²) in [5.41, 5.74) is 3.64. The second kappa shape index (κ2) is 6.30. The molecular formula is C17H22BrNO. The van der Waals surface area contributed by atoms with Gasteiger partial charge in [0, 0.05) is 16.9 Å². The first-order valence-electron chi connectivity index (χ1n) is 7.79. The zero-order valence-corrected chi connectivity index (χ0v) is 13.4. The van der Waals surface area contributed by atoms with Gasteiger partial charge in [-0.1, -0.05) is 53.7 Å². The number of nitrogens with one attached hydrogen (secondary N) is 1. The maximum Gasteiger partial charge on any atom is 0.224 e. The molecule has 0 radical (unpaired) electrons. The Morgan fingerprint density at radius 3 is 2.85 bits per heavy atom. The van der Waals surface area contributed by atoms with Gasteiger partial charge in [-0.3, -0.25) is 4.79 Å². The lowest BCUT2D eigenvalue weighted by molar-refractivity contribution is -0.116. The zero-order chi connectivity index (χ0) is 13.9. The second-order valence-corrected chi connectivity index (χ2v) is 7.27. The van der Waals surface area contributed by atoms with Gasteiger partial charge in [0.2, 0.25) is 5.91 Å². The van der Waals surface area contributed by atoms with Gasteiger partial charge in [-0.05, 0) is 42.4 Å². The van der Waals surface area contributed by atoms with Crippen LogP contribution >= 0.6 is 15.9 Å². The molecule has 1 atom stereocenters. The monoisotopic (exact) mass is 335 g/mol. The lowest BCUT2D eigenvalue weighted by atomic mass is 9.95. The van der Waals surface area contributed by atoms with Crippen molar-refractivity contribution in [1.29, 1.82) is 0 Å². The number of aryl methyl sites for hydroxylation is 1. The van der Waals surface area contributed by atoms with Crippen molar-refractivity contribution in [3.05, 3.63) is 29.3 Å². The number of anilines is 1. The van der Waals surface area contributed by atoms with E-state index in [2.05, 4.69) is 39.4 Å². The van der Waals surface area contributed by atoms with Crippen LogP contribution in [0.15, 0.2) is 18.2 Å². The largest absolute Gasteiger partial charge is 0.326 e. The topological polar surface area (TPSA) is 29.1 Å². The van der Waals surface area contributed by atoms with Crippen molar-refractivity contribution < 1.29 is 4.79 Å². The van der Waals surface area contributed by atoms with Crippen LogP contribution < -0.4 is 5.32 Å². The molecule has 1 aliphatic carbocycles. The number of rotatable bonds is 4. The molecule has 1 aromatic carbocycles. The number of halogens is 1.